The predicted molar refractivity (Wildman–Crippen MR) is 88.3 cm³/mol. The lowest BCUT2D eigenvalue weighted by Crippen LogP contribution is -2.29. The van der Waals surface area contributed by atoms with Gasteiger partial charge in [0.05, 0.1) is 0 Å². The summed E-state index contributed by atoms with van der Waals surface area (Å²) in [4.78, 5) is 2.70. The average Bonchev–Trinajstić information content (AvgIpc) is 3.16. The molecule has 2 unspecified atom stereocenters. The van der Waals surface area contributed by atoms with Crippen LogP contribution in [0.3, 0.4) is 0 Å². The minimum absolute atomic E-state index is 0.465. The third kappa shape index (κ3) is 3.70. The monoisotopic (exact) mass is 370 g/mol. The third-order valence-corrected chi connectivity index (χ3v) is 5.18. The summed E-state index contributed by atoms with van der Waals surface area (Å²) in [5.74, 6) is 0.854. The van der Waals surface area contributed by atoms with Gasteiger partial charge in [0, 0.05) is 22.2 Å². The zero-order chi connectivity index (χ0) is 13.2. The van der Waals surface area contributed by atoms with Gasteiger partial charge in [-0.05, 0) is 85.5 Å². The summed E-state index contributed by atoms with van der Waals surface area (Å²) in [5.41, 5.74) is 1.40. The minimum Gasteiger partial charge on any atom is -0.310 e. The molecule has 2 nitrogen and oxygen atoms in total. The van der Waals surface area contributed by atoms with Gasteiger partial charge in [-0.25, -0.2) is 0 Å². The number of hydrogen-bond acceptors (Lipinski definition) is 2. The number of nitrogens with one attached hydrogen (secondary N) is 1. The highest BCUT2D eigenvalue weighted by Crippen LogP contribution is 2.31. The molecule has 19 heavy (non-hydrogen) atoms. The summed E-state index contributed by atoms with van der Waals surface area (Å²) in [7, 11) is 0. The van der Waals surface area contributed by atoms with E-state index >= 15 is 0 Å². The van der Waals surface area contributed by atoms with Crippen molar-refractivity contribution in [2.75, 3.05) is 19.6 Å². The van der Waals surface area contributed by atoms with Crippen molar-refractivity contribution in [3.8, 4) is 0 Å². The van der Waals surface area contributed by atoms with Crippen molar-refractivity contribution in [3.63, 3.8) is 0 Å². The molecule has 2 fully saturated rings. The number of halogens is 1. The van der Waals surface area contributed by atoms with E-state index in [1.807, 2.05) is 0 Å². The van der Waals surface area contributed by atoms with E-state index in [0.29, 0.717) is 6.04 Å². The molecule has 0 radical (unpaired) electrons. The number of nitrogens with zero attached hydrogens (tertiary/aromatic N) is 1. The molecule has 1 heterocycles. The van der Waals surface area contributed by atoms with Crippen molar-refractivity contribution in [3.05, 3.63) is 33.4 Å². The van der Waals surface area contributed by atoms with Crippen LogP contribution >= 0.6 is 22.6 Å². The van der Waals surface area contributed by atoms with Crippen molar-refractivity contribution in [1.82, 2.24) is 10.2 Å². The Bertz CT molecular complexity index is 413. The van der Waals surface area contributed by atoms with Crippen molar-refractivity contribution in [1.29, 1.82) is 0 Å². The Morgan fingerprint density at radius 3 is 2.68 bits per heavy atom. The summed E-state index contributed by atoms with van der Waals surface area (Å²) in [6.07, 6.45) is 4.27. The van der Waals surface area contributed by atoms with Crippen LogP contribution in [0.2, 0.25) is 0 Å². The first-order valence-electron chi connectivity index (χ1n) is 7.45. The van der Waals surface area contributed by atoms with Crippen LogP contribution in [0.5, 0.6) is 0 Å². The molecule has 2 atom stereocenters. The van der Waals surface area contributed by atoms with Gasteiger partial charge < -0.3 is 10.2 Å². The summed E-state index contributed by atoms with van der Waals surface area (Å²) >= 11 is 2.36. The first-order valence-corrected chi connectivity index (χ1v) is 8.53. The van der Waals surface area contributed by atoms with Crippen molar-refractivity contribution in [2.45, 2.75) is 38.3 Å². The Hall–Kier alpha value is -0.130. The number of rotatable bonds is 5. The van der Waals surface area contributed by atoms with Gasteiger partial charge in [0.2, 0.25) is 0 Å². The number of hydrogen-bond donors (Lipinski definition) is 1. The van der Waals surface area contributed by atoms with E-state index in [2.05, 4.69) is 64.0 Å². The molecule has 0 spiro atoms. The normalized spacial score (nSPS) is 25.7. The molecule has 0 amide bonds. The maximum Gasteiger partial charge on any atom is 0.0291 e. The fourth-order valence-electron chi connectivity index (χ4n) is 3.01. The maximum absolute atomic E-state index is 3.71. The van der Waals surface area contributed by atoms with Gasteiger partial charge in [-0.1, -0.05) is 12.1 Å². The molecule has 1 N–H and O–H groups in total. The Balaban J connectivity index is 1.45. The number of benzene rings is 1. The van der Waals surface area contributed by atoms with E-state index in [1.54, 1.807) is 0 Å². The van der Waals surface area contributed by atoms with Crippen LogP contribution in [0, 0.1) is 9.49 Å². The van der Waals surface area contributed by atoms with Gasteiger partial charge in [-0.3, -0.25) is 0 Å². The second-order valence-electron chi connectivity index (χ2n) is 6.06. The average molecular weight is 370 g/mol. The highest BCUT2D eigenvalue weighted by atomic mass is 127. The molecule has 1 aliphatic carbocycles. The van der Waals surface area contributed by atoms with Crippen LogP contribution in [-0.4, -0.2) is 30.6 Å². The Kier molecular flexibility index (Phi) is 4.44. The van der Waals surface area contributed by atoms with Crippen LogP contribution < -0.4 is 5.32 Å². The van der Waals surface area contributed by atoms with E-state index < -0.39 is 0 Å². The molecule has 2 aliphatic rings. The first-order chi connectivity index (χ1) is 9.22. The molecule has 1 saturated heterocycles. The number of likely N-dealkylation sites (tertiary alicyclic amines) is 1. The fraction of sp³-hybridized carbons (Fsp3) is 0.625. The molecule has 3 heteroatoms. The van der Waals surface area contributed by atoms with Gasteiger partial charge in [0.15, 0.2) is 0 Å². The van der Waals surface area contributed by atoms with Crippen LogP contribution in [0.15, 0.2) is 24.3 Å². The molecule has 104 valence electrons. The van der Waals surface area contributed by atoms with Gasteiger partial charge in [0.25, 0.3) is 0 Å². The Labute approximate surface area is 130 Å². The second kappa shape index (κ2) is 6.10. The smallest absolute Gasteiger partial charge is 0.0291 e. The minimum atomic E-state index is 0.465. The zero-order valence-electron chi connectivity index (χ0n) is 11.6. The van der Waals surface area contributed by atoms with Crippen molar-refractivity contribution in [2.24, 2.45) is 5.92 Å². The summed E-state index contributed by atoms with van der Waals surface area (Å²) in [5, 5.41) is 3.71. The molecule has 1 aromatic rings. The van der Waals surface area contributed by atoms with Crippen molar-refractivity contribution >= 4 is 22.6 Å². The molecular weight excluding hydrogens is 347 g/mol. The molecule has 1 saturated carbocycles. The molecule has 1 aromatic carbocycles. The molecule has 0 aromatic heterocycles. The Morgan fingerprint density at radius 2 is 2.00 bits per heavy atom. The van der Waals surface area contributed by atoms with Crippen LogP contribution in [-0.2, 0) is 0 Å². The lowest BCUT2D eigenvalue weighted by atomic mass is 10.1. The quantitative estimate of drug-likeness (QED) is 0.799. The first kappa shape index (κ1) is 13.8. The van der Waals surface area contributed by atoms with Gasteiger partial charge in [-0.15, -0.1) is 0 Å². The van der Waals surface area contributed by atoms with Crippen LogP contribution in [0.1, 0.15) is 37.8 Å². The largest absolute Gasteiger partial charge is 0.310 e. The van der Waals surface area contributed by atoms with Gasteiger partial charge in [-0.2, -0.15) is 0 Å². The van der Waals surface area contributed by atoms with Gasteiger partial charge in [0.1, 0.15) is 0 Å². The lowest BCUT2D eigenvalue weighted by Gasteiger charge is -2.18. The van der Waals surface area contributed by atoms with E-state index in [0.717, 1.165) is 18.5 Å². The third-order valence-electron chi connectivity index (χ3n) is 4.46. The standard InChI is InChI=1S/C16H23IN2/c1-12(14-2-4-15(17)5-3-14)18-10-13-8-9-19(11-13)16-6-7-16/h2-5,12-13,16,18H,6-11H2,1H3. The molecular formula is C16H23IN2. The van der Waals surface area contributed by atoms with Crippen molar-refractivity contribution < 1.29 is 0 Å². The van der Waals surface area contributed by atoms with Crippen LogP contribution in [0.25, 0.3) is 0 Å². The topological polar surface area (TPSA) is 15.3 Å². The lowest BCUT2D eigenvalue weighted by molar-refractivity contribution is 0.310. The van der Waals surface area contributed by atoms with E-state index in [-0.39, 0.29) is 0 Å². The highest BCUT2D eigenvalue weighted by Gasteiger charge is 2.34. The zero-order valence-corrected chi connectivity index (χ0v) is 13.8. The predicted octanol–water partition coefficient (Wildman–Crippen LogP) is 3.43. The molecule has 0 bridgehead atoms. The van der Waals surface area contributed by atoms with E-state index in [9.17, 15) is 0 Å². The highest BCUT2D eigenvalue weighted by molar-refractivity contribution is 14.1. The SMILES string of the molecule is CC(NCC1CCN(C2CC2)C1)c1ccc(I)cc1. The maximum atomic E-state index is 3.71. The van der Waals surface area contributed by atoms with E-state index in [4.69, 9.17) is 0 Å². The molecule has 3 rings (SSSR count). The molecule has 1 aliphatic heterocycles. The fourth-order valence-corrected chi connectivity index (χ4v) is 3.37. The second-order valence-corrected chi connectivity index (χ2v) is 7.31. The summed E-state index contributed by atoms with van der Waals surface area (Å²) in [6, 6.07) is 10.3. The van der Waals surface area contributed by atoms with E-state index in [1.165, 1.54) is 41.5 Å². The van der Waals surface area contributed by atoms with Crippen LogP contribution in [0.4, 0.5) is 0 Å². The summed E-state index contributed by atoms with van der Waals surface area (Å²) in [6.45, 7) is 6.08. The van der Waals surface area contributed by atoms with Gasteiger partial charge >= 0.3 is 0 Å². The Morgan fingerprint density at radius 1 is 1.26 bits per heavy atom. The summed E-state index contributed by atoms with van der Waals surface area (Å²) < 4.78 is 1.31.